The highest BCUT2D eigenvalue weighted by Crippen LogP contribution is 2.25. The Kier molecular flexibility index (Phi) is 3.79. The van der Waals surface area contributed by atoms with Crippen molar-refractivity contribution >= 4 is 22.8 Å². The minimum atomic E-state index is -1.09. The standard InChI is InChI=1S/C12H12N2O5/c13-10(15)6-18-14-5-9-11(12(16)17)7-3-1-2-4-8(7)19-9/h1-4,14H,5-6H2,(H2,13,15)(H,16,17). The Labute approximate surface area is 107 Å². The molecule has 0 aliphatic carbocycles. The number of nitrogens with one attached hydrogen (secondary N) is 1. The number of carboxylic acids is 1. The van der Waals surface area contributed by atoms with Crippen LogP contribution in [0.25, 0.3) is 11.0 Å². The van der Waals surface area contributed by atoms with Crippen molar-refractivity contribution in [2.75, 3.05) is 6.61 Å². The Morgan fingerprint density at radius 2 is 2.11 bits per heavy atom. The first kappa shape index (κ1) is 13.1. The van der Waals surface area contributed by atoms with Crippen molar-refractivity contribution in [2.45, 2.75) is 6.54 Å². The third-order valence-electron chi connectivity index (χ3n) is 2.43. The molecule has 7 nitrogen and oxygen atoms in total. The first-order valence-electron chi connectivity index (χ1n) is 5.46. The highest BCUT2D eigenvalue weighted by atomic mass is 16.6. The number of primary amides is 1. The molecule has 0 aliphatic rings. The summed E-state index contributed by atoms with van der Waals surface area (Å²) in [6, 6.07) is 6.81. The number of fused-ring (bicyclic) bond motifs is 1. The van der Waals surface area contributed by atoms with Gasteiger partial charge in [-0.1, -0.05) is 18.2 Å². The molecule has 1 amide bonds. The zero-order chi connectivity index (χ0) is 13.8. The maximum Gasteiger partial charge on any atom is 0.339 e. The summed E-state index contributed by atoms with van der Waals surface area (Å²) in [4.78, 5) is 26.5. The molecule has 0 aliphatic heterocycles. The summed E-state index contributed by atoms with van der Waals surface area (Å²) < 4.78 is 5.43. The van der Waals surface area contributed by atoms with E-state index in [0.717, 1.165) is 0 Å². The fourth-order valence-corrected chi connectivity index (χ4v) is 1.69. The van der Waals surface area contributed by atoms with Gasteiger partial charge in [-0.15, -0.1) is 0 Å². The lowest BCUT2D eigenvalue weighted by atomic mass is 10.1. The molecule has 2 aromatic rings. The van der Waals surface area contributed by atoms with E-state index in [9.17, 15) is 14.7 Å². The molecule has 0 saturated carbocycles. The molecule has 0 unspecified atom stereocenters. The second-order valence-corrected chi connectivity index (χ2v) is 3.78. The first-order chi connectivity index (χ1) is 9.09. The molecule has 0 atom stereocenters. The first-order valence-corrected chi connectivity index (χ1v) is 5.46. The fraction of sp³-hybridized carbons (Fsp3) is 0.167. The minimum Gasteiger partial charge on any atom is -0.478 e. The van der Waals surface area contributed by atoms with Gasteiger partial charge in [-0.2, -0.15) is 5.48 Å². The molecular weight excluding hydrogens is 252 g/mol. The fourth-order valence-electron chi connectivity index (χ4n) is 1.69. The number of carbonyl (C=O) groups excluding carboxylic acids is 1. The van der Waals surface area contributed by atoms with Crippen LogP contribution in [0.1, 0.15) is 16.1 Å². The van der Waals surface area contributed by atoms with Gasteiger partial charge in [0.2, 0.25) is 5.91 Å². The Morgan fingerprint density at radius 1 is 1.37 bits per heavy atom. The number of hydrogen-bond acceptors (Lipinski definition) is 5. The molecule has 1 heterocycles. The van der Waals surface area contributed by atoms with Gasteiger partial charge in [-0.25, -0.2) is 4.79 Å². The molecule has 19 heavy (non-hydrogen) atoms. The Balaban J connectivity index is 2.20. The van der Waals surface area contributed by atoms with Crippen molar-refractivity contribution in [3.8, 4) is 0 Å². The van der Waals surface area contributed by atoms with Gasteiger partial charge in [0.15, 0.2) is 0 Å². The van der Waals surface area contributed by atoms with Crippen LogP contribution in [0, 0.1) is 0 Å². The summed E-state index contributed by atoms with van der Waals surface area (Å²) >= 11 is 0. The zero-order valence-electron chi connectivity index (χ0n) is 9.88. The zero-order valence-corrected chi connectivity index (χ0v) is 9.88. The molecule has 7 heteroatoms. The molecule has 100 valence electrons. The normalized spacial score (nSPS) is 10.7. The molecule has 4 N–H and O–H groups in total. The summed E-state index contributed by atoms with van der Waals surface area (Å²) in [5.41, 5.74) is 7.87. The van der Waals surface area contributed by atoms with Crippen LogP contribution in [-0.2, 0) is 16.2 Å². The summed E-state index contributed by atoms with van der Waals surface area (Å²) in [5, 5.41) is 9.71. The molecule has 1 aromatic carbocycles. The van der Waals surface area contributed by atoms with E-state index in [1.54, 1.807) is 24.3 Å². The molecule has 0 saturated heterocycles. The summed E-state index contributed by atoms with van der Waals surface area (Å²) in [7, 11) is 0. The van der Waals surface area contributed by atoms with Crippen molar-refractivity contribution < 1.29 is 24.0 Å². The Morgan fingerprint density at radius 3 is 2.79 bits per heavy atom. The number of hydroxylamine groups is 1. The average Bonchev–Trinajstić information content (AvgIpc) is 2.72. The Bertz CT molecular complexity index is 620. The van der Waals surface area contributed by atoms with Crippen molar-refractivity contribution in [1.29, 1.82) is 0 Å². The quantitative estimate of drug-likeness (QED) is 0.521. The molecule has 0 fully saturated rings. The van der Waals surface area contributed by atoms with Crippen molar-refractivity contribution in [2.24, 2.45) is 5.73 Å². The summed E-state index contributed by atoms with van der Waals surface area (Å²) in [6.07, 6.45) is 0. The molecule has 2 rings (SSSR count). The van der Waals surface area contributed by atoms with E-state index in [1.165, 1.54) is 0 Å². The van der Waals surface area contributed by atoms with Gasteiger partial charge in [0.05, 0.1) is 6.54 Å². The smallest absolute Gasteiger partial charge is 0.339 e. The van der Waals surface area contributed by atoms with Crippen LogP contribution in [-0.4, -0.2) is 23.6 Å². The van der Waals surface area contributed by atoms with Gasteiger partial charge in [0, 0.05) is 5.39 Å². The lowest BCUT2D eigenvalue weighted by Crippen LogP contribution is -2.24. The van der Waals surface area contributed by atoms with E-state index < -0.39 is 11.9 Å². The SMILES string of the molecule is NC(=O)CONCc1oc2ccccc2c1C(=O)O. The number of amides is 1. The Hall–Kier alpha value is -2.38. The third kappa shape index (κ3) is 2.90. The van der Waals surface area contributed by atoms with Crippen LogP contribution in [0.5, 0.6) is 0 Å². The number of nitrogens with two attached hydrogens (primary N) is 1. The molecular formula is C12H12N2O5. The number of rotatable bonds is 6. The van der Waals surface area contributed by atoms with E-state index >= 15 is 0 Å². The number of carbonyl (C=O) groups is 2. The maximum absolute atomic E-state index is 11.2. The van der Waals surface area contributed by atoms with Gasteiger partial charge in [-0.05, 0) is 6.07 Å². The lowest BCUT2D eigenvalue weighted by Gasteiger charge is -2.02. The van der Waals surface area contributed by atoms with E-state index in [4.69, 9.17) is 15.0 Å². The number of aromatic carboxylic acids is 1. The third-order valence-corrected chi connectivity index (χ3v) is 2.43. The van der Waals surface area contributed by atoms with Crippen molar-refractivity contribution in [3.05, 3.63) is 35.6 Å². The highest BCUT2D eigenvalue weighted by Gasteiger charge is 2.19. The average molecular weight is 264 g/mol. The van der Waals surface area contributed by atoms with Crippen LogP contribution in [0.3, 0.4) is 0 Å². The van der Waals surface area contributed by atoms with Gasteiger partial charge in [0.1, 0.15) is 23.5 Å². The largest absolute Gasteiger partial charge is 0.478 e. The maximum atomic E-state index is 11.2. The topological polar surface area (TPSA) is 115 Å². The minimum absolute atomic E-state index is 0.0175. The van der Waals surface area contributed by atoms with E-state index in [2.05, 4.69) is 5.48 Å². The van der Waals surface area contributed by atoms with Crippen LogP contribution < -0.4 is 11.2 Å². The van der Waals surface area contributed by atoms with Gasteiger partial charge in [0.25, 0.3) is 0 Å². The second kappa shape index (κ2) is 5.51. The molecule has 0 radical (unpaired) electrons. The number of para-hydroxylation sites is 1. The van der Waals surface area contributed by atoms with Crippen LogP contribution >= 0.6 is 0 Å². The van der Waals surface area contributed by atoms with Crippen LogP contribution in [0.2, 0.25) is 0 Å². The lowest BCUT2D eigenvalue weighted by molar-refractivity contribution is -0.125. The molecule has 0 bridgehead atoms. The van der Waals surface area contributed by atoms with Gasteiger partial charge < -0.3 is 15.3 Å². The number of hydrogen-bond donors (Lipinski definition) is 3. The second-order valence-electron chi connectivity index (χ2n) is 3.78. The predicted molar refractivity (Wildman–Crippen MR) is 65.2 cm³/mol. The van der Waals surface area contributed by atoms with Gasteiger partial charge in [-0.3, -0.25) is 9.63 Å². The van der Waals surface area contributed by atoms with Crippen molar-refractivity contribution in [1.82, 2.24) is 5.48 Å². The summed E-state index contributed by atoms with van der Waals surface area (Å²) in [6.45, 7) is -0.285. The van der Waals surface area contributed by atoms with Gasteiger partial charge >= 0.3 is 5.97 Å². The monoisotopic (exact) mass is 264 g/mol. The molecule has 1 aromatic heterocycles. The van der Waals surface area contributed by atoms with Crippen LogP contribution in [0.4, 0.5) is 0 Å². The number of furan rings is 1. The number of benzene rings is 1. The number of carboxylic acid groups (broad SMARTS) is 1. The van der Waals surface area contributed by atoms with Crippen LogP contribution in [0.15, 0.2) is 28.7 Å². The summed E-state index contributed by atoms with van der Waals surface area (Å²) in [5.74, 6) is -1.50. The van der Waals surface area contributed by atoms with E-state index in [0.29, 0.717) is 11.0 Å². The van der Waals surface area contributed by atoms with Crippen molar-refractivity contribution in [3.63, 3.8) is 0 Å². The van der Waals surface area contributed by atoms with E-state index in [1.807, 2.05) is 0 Å². The predicted octanol–water partition coefficient (Wildman–Crippen LogP) is 0.637. The molecule has 0 spiro atoms. The van der Waals surface area contributed by atoms with E-state index in [-0.39, 0.29) is 24.5 Å². The highest BCUT2D eigenvalue weighted by molar-refractivity contribution is 6.03.